The van der Waals surface area contributed by atoms with Crippen molar-refractivity contribution in [3.05, 3.63) is 0 Å². The second-order valence-corrected chi connectivity index (χ2v) is 8.58. The van der Waals surface area contributed by atoms with Crippen LogP contribution in [0.15, 0.2) is 0 Å². The molecule has 0 radical (unpaired) electrons. The highest BCUT2D eigenvalue weighted by Crippen LogP contribution is 2.12. The monoisotopic (exact) mass is 371 g/mol. The van der Waals surface area contributed by atoms with Crippen LogP contribution in [0.1, 0.15) is 59.8 Å². The second kappa shape index (κ2) is 12.5. The summed E-state index contributed by atoms with van der Waals surface area (Å²) in [6.07, 6.45) is 5.12. The van der Waals surface area contributed by atoms with Crippen molar-refractivity contribution in [1.82, 2.24) is 15.1 Å². The lowest BCUT2D eigenvalue weighted by atomic mass is 10.0. The van der Waals surface area contributed by atoms with E-state index < -0.39 is 5.60 Å². The largest absolute Gasteiger partial charge is 0.444 e. The van der Waals surface area contributed by atoms with E-state index in [9.17, 15) is 4.79 Å². The SMILES string of the molecule is CC(CCCO)CCN1CCCN(CCCNC(=O)OC(C)(C)C)CC1. The molecule has 1 saturated heterocycles. The molecule has 154 valence electrons. The smallest absolute Gasteiger partial charge is 0.407 e. The summed E-state index contributed by atoms with van der Waals surface area (Å²) in [5, 5.41) is 11.8. The molecule has 0 aromatic carbocycles. The maximum atomic E-state index is 11.6. The second-order valence-electron chi connectivity index (χ2n) is 8.58. The first kappa shape index (κ1) is 23.2. The lowest BCUT2D eigenvalue weighted by Gasteiger charge is -2.23. The Morgan fingerprint density at radius 3 is 2.35 bits per heavy atom. The summed E-state index contributed by atoms with van der Waals surface area (Å²) in [5.74, 6) is 0.695. The summed E-state index contributed by atoms with van der Waals surface area (Å²) >= 11 is 0. The van der Waals surface area contributed by atoms with E-state index in [1.807, 2.05) is 20.8 Å². The van der Waals surface area contributed by atoms with Gasteiger partial charge in [-0.15, -0.1) is 0 Å². The lowest BCUT2D eigenvalue weighted by Crippen LogP contribution is -2.35. The molecule has 1 amide bonds. The third-order valence-corrected chi connectivity index (χ3v) is 4.79. The average Bonchev–Trinajstić information content (AvgIpc) is 2.78. The summed E-state index contributed by atoms with van der Waals surface area (Å²) in [6.45, 7) is 15.7. The number of hydrogen-bond donors (Lipinski definition) is 2. The molecule has 1 fully saturated rings. The minimum Gasteiger partial charge on any atom is -0.444 e. The molecule has 1 unspecified atom stereocenters. The van der Waals surface area contributed by atoms with Gasteiger partial charge in [-0.3, -0.25) is 0 Å². The molecule has 6 heteroatoms. The molecule has 1 heterocycles. The third kappa shape index (κ3) is 11.7. The first-order chi connectivity index (χ1) is 12.3. The summed E-state index contributed by atoms with van der Waals surface area (Å²) < 4.78 is 5.25. The maximum absolute atomic E-state index is 11.6. The number of amides is 1. The molecular weight excluding hydrogens is 330 g/mol. The molecule has 6 nitrogen and oxygen atoms in total. The Kier molecular flexibility index (Phi) is 11.2. The van der Waals surface area contributed by atoms with Gasteiger partial charge in [0.25, 0.3) is 0 Å². The van der Waals surface area contributed by atoms with Crippen molar-refractivity contribution >= 4 is 6.09 Å². The number of aliphatic hydroxyl groups is 1. The summed E-state index contributed by atoms with van der Waals surface area (Å²) in [5.41, 5.74) is -0.437. The Labute approximate surface area is 160 Å². The van der Waals surface area contributed by atoms with E-state index in [0.29, 0.717) is 19.1 Å². The first-order valence-corrected chi connectivity index (χ1v) is 10.3. The van der Waals surface area contributed by atoms with Gasteiger partial charge in [-0.05, 0) is 85.0 Å². The van der Waals surface area contributed by atoms with Gasteiger partial charge in [-0.2, -0.15) is 0 Å². The van der Waals surface area contributed by atoms with E-state index in [2.05, 4.69) is 22.0 Å². The lowest BCUT2D eigenvalue weighted by molar-refractivity contribution is 0.0525. The van der Waals surface area contributed by atoms with Crippen LogP contribution in [0.25, 0.3) is 0 Å². The van der Waals surface area contributed by atoms with Crippen molar-refractivity contribution in [3.63, 3.8) is 0 Å². The van der Waals surface area contributed by atoms with Gasteiger partial charge in [-0.25, -0.2) is 4.79 Å². The highest BCUT2D eigenvalue weighted by Gasteiger charge is 2.17. The van der Waals surface area contributed by atoms with Crippen molar-refractivity contribution in [2.24, 2.45) is 5.92 Å². The van der Waals surface area contributed by atoms with Crippen molar-refractivity contribution in [2.45, 2.75) is 65.4 Å². The number of hydrogen-bond acceptors (Lipinski definition) is 5. The van der Waals surface area contributed by atoms with Gasteiger partial charge >= 0.3 is 6.09 Å². The first-order valence-electron chi connectivity index (χ1n) is 10.3. The van der Waals surface area contributed by atoms with Crippen molar-refractivity contribution in [3.8, 4) is 0 Å². The van der Waals surface area contributed by atoms with Crippen LogP contribution in [0, 0.1) is 5.92 Å². The van der Waals surface area contributed by atoms with Gasteiger partial charge in [0, 0.05) is 26.2 Å². The summed E-state index contributed by atoms with van der Waals surface area (Å²) in [4.78, 5) is 16.7. The van der Waals surface area contributed by atoms with Gasteiger partial charge < -0.3 is 25.0 Å². The number of nitrogens with one attached hydrogen (secondary N) is 1. The van der Waals surface area contributed by atoms with E-state index in [4.69, 9.17) is 9.84 Å². The third-order valence-electron chi connectivity index (χ3n) is 4.79. The number of alkyl carbamates (subject to hydrolysis) is 1. The normalized spacial score (nSPS) is 18.3. The Hall–Kier alpha value is -0.850. The van der Waals surface area contributed by atoms with Gasteiger partial charge in [0.05, 0.1) is 0 Å². The molecule has 0 spiro atoms. The molecule has 1 aliphatic heterocycles. The van der Waals surface area contributed by atoms with Crippen LogP contribution in [0.3, 0.4) is 0 Å². The van der Waals surface area contributed by atoms with Crippen LogP contribution < -0.4 is 5.32 Å². The van der Waals surface area contributed by atoms with Crippen LogP contribution in [0.4, 0.5) is 4.79 Å². The summed E-state index contributed by atoms with van der Waals surface area (Å²) in [6, 6.07) is 0. The Balaban J connectivity index is 2.13. The van der Waals surface area contributed by atoms with E-state index in [0.717, 1.165) is 45.4 Å². The molecular formula is C20H41N3O3. The zero-order chi connectivity index (χ0) is 19.4. The summed E-state index contributed by atoms with van der Waals surface area (Å²) in [7, 11) is 0. The Morgan fingerprint density at radius 1 is 1.08 bits per heavy atom. The molecule has 0 bridgehead atoms. The highest BCUT2D eigenvalue weighted by atomic mass is 16.6. The predicted molar refractivity (Wildman–Crippen MR) is 106 cm³/mol. The standard InChI is InChI=1S/C20H41N3O3/c1-18(8-5-17-24)9-14-23-13-7-12-22(15-16-23)11-6-10-21-19(25)26-20(2,3)4/h18,24H,5-17H2,1-4H3,(H,21,25). The number of carbonyl (C=O) groups is 1. The quantitative estimate of drug-likeness (QED) is 0.578. The molecule has 0 aromatic heterocycles. The van der Waals surface area contributed by atoms with Gasteiger partial charge in [-0.1, -0.05) is 6.92 Å². The van der Waals surface area contributed by atoms with Gasteiger partial charge in [0.1, 0.15) is 5.60 Å². The number of nitrogens with zero attached hydrogens (tertiary/aromatic N) is 2. The number of rotatable bonds is 10. The molecule has 1 rings (SSSR count). The van der Waals surface area contributed by atoms with E-state index >= 15 is 0 Å². The van der Waals surface area contributed by atoms with Crippen LogP contribution in [-0.2, 0) is 4.74 Å². The van der Waals surface area contributed by atoms with Crippen LogP contribution >= 0.6 is 0 Å². The topological polar surface area (TPSA) is 65.0 Å². The molecule has 0 saturated carbocycles. The molecule has 1 atom stereocenters. The van der Waals surface area contributed by atoms with Crippen molar-refractivity contribution in [2.75, 3.05) is 52.4 Å². The number of ether oxygens (including phenoxy) is 1. The zero-order valence-electron chi connectivity index (χ0n) is 17.4. The van der Waals surface area contributed by atoms with E-state index in [-0.39, 0.29) is 6.09 Å². The number of aliphatic hydroxyl groups excluding tert-OH is 1. The minimum atomic E-state index is -0.437. The Bertz CT molecular complexity index is 385. The Morgan fingerprint density at radius 2 is 1.73 bits per heavy atom. The van der Waals surface area contributed by atoms with Gasteiger partial charge in [0.2, 0.25) is 0 Å². The molecule has 0 aliphatic carbocycles. The van der Waals surface area contributed by atoms with E-state index in [1.54, 1.807) is 0 Å². The number of carbonyl (C=O) groups excluding carboxylic acids is 1. The predicted octanol–water partition coefficient (Wildman–Crippen LogP) is 2.71. The highest BCUT2D eigenvalue weighted by molar-refractivity contribution is 5.67. The zero-order valence-corrected chi connectivity index (χ0v) is 17.4. The fourth-order valence-corrected chi connectivity index (χ4v) is 3.27. The van der Waals surface area contributed by atoms with E-state index in [1.165, 1.54) is 25.9 Å². The fourth-order valence-electron chi connectivity index (χ4n) is 3.27. The maximum Gasteiger partial charge on any atom is 0.407 e. The molecule has 26 heavy (non-hydrogen) atoms. The van der Waals surface area contributed by atoms with Crippen LogP contribution in [0.5, 0.6) is 0 Å². The van der Waals surface area contributed by atoms with Crippen molar-refractivity contribution in [1.29, 1.82) is 0 Å². The fraction of sp³-hybridized carbons (Fsp3) is 0.950. The minimum absolute atomic E-state index is 0.311. The molecule has 2 N–H and O–H groups in total. The molecule has 1 aliphatic rings. The van der Waals surface area contributed by atoms with Crippen LogP contribution in [0.2, 0.25) is 0 Å². The van der Waals surface area contributed by atoms with Crippen molar-refractivity contribution < 1.29 is 14.6 Å². The molecule has 0 aromatic rings. The van der Waals surface area contributed by atoms with Crippen LogP contribution in [-0.4, -0.2) is 79.0 Å². The average molecular weight is 372 g/mol. The van der Waals surface area contributed by atoms with Gasteiger partial charge in [0.15, 0.2) is 0 Å².